The van der Waals surface area contributed by atoms with Crippen molar-refractivity contribution in [3.63, 3.8) is 0 Å². The van der Waals surface area contributed by atoms with E-state index in [0.717, 1.165) is 25.9 Å². The summed E-state index contributed by atoms with van der Waals surface area (Å²) in [5, 5.41) is 0. The van der Waals surface area contributed by atoms with Gasteiger partial charge in [-0.1, -0.05) is 0 Å². The van der Waals surface area contributed by atoms with Gasteiger partial charge in [0.2, 0.25) is 0 Å². The van der Waals surface area contributed by atoms with Gasteiger partial charge in [-0.2, -0.15) is 0 Å². The number of hydrogen-bond donors (Lipinski definition) is 1. The molecule has 2 fully saturated rings. The minimum Gasteiger partial charge on any atom is -0.444 e. The van der Waals surface area contributed by atoms with Gasteiger partial charge in [-0.15, -0.1) is 0 Å². The monoisotopic (exact) mass is 315 g/mol. The van der Waals surface area contributed by atoms with Crippen LogP contribution in [0.25, 0.3) is 0 Å². The van der Waals surface area contributed by atoms with Crippen LogP contribution in [0.15, 0.2) is 0 Å². The van der Waals surface area contributed by atoms with Crippen molar-refractivity contribution in [1.29, 1.82) is 0 Å². The third kappa shape index (κ3) is 4.56. The quantitative estimate of drug-likeness (QED) is 0.848. The molecular formula is C16H30FN3O2. The minimum absolute atomic E-state index is 0.123. The lowest BCUT2D eigenvalue weighted by Crippen LogP contribution is -2.53. The summed E-state index contributed by atoms with van der Waals surface area (Å²) >= 11 is 0. The van der Waals surface area contributed by atoms with E-state index in [1.54, 1.807) is 4.90 Å². The zero-order valence-electron chi connectivity index (χ0n) is 14.1. The minimum atomic E-state index is -1.17. The fourth-order valence-electron chi connectivity index (χ4n) is 3.23. The molecule has 2 aliphatic heterocycles. The van der Waals surface area contributed by atoms with Crippen LogP contribution in [0.5, 0.6) is 0 Å². The van der Waals surface area contributed by atoms with E-state index >= 15 is 0 Å². The van der Waals surface area contributed by atoms with Crippen molar-refractivity contribution in [2.45, 2.75) is 63.8 Å². The van der Waals surface area contributed by atoms with Gasteiger partial charge in [-0.25, -0.2) is 9.18 Å². The number of carbonyl (C=O) groups excluding carboxylic acids is 1. The molecule has 2 N–H and O–H groups in total. The molecule has 0 aromatic carbocycles. The van der Waals surface area contributed by atoms with Gasteiger partial charge in [0.1, 0.15) is 11.3 Å². The molecule has 2 rings (SSSR count). The van der Waals surface area contributed by atoms with E-state index in [-0.39, 0.29) is 12.6 Å². The molecular weight excluding hydrogens is 285 g/mol. The summed E-state index contributed by atoms with van der Waals surface area (Å²) in [5.41, 5.74) is 3.89. The van der Waals surface area contributed by atoms with Crippen LogP contribution in [0.4, 0.5) is 9.18 Å². The summed E-state index contributed by atoms with van der Waals surface area (Å²) < 4.78 is 19.6. The normalized spacial score (nSPS) is 24.3. The predicted molar refractivity (Wildman–Crippen MR) is 84.5 cm³/mol. The Morgan fingerprint density at radius 3 is 2.23 bits per heavy atom. The van der Waals surface area contributed by atoms with Gasteiger partial charge in [-0.05, 0) is 46.5 Å². The Balaban J connectivity index is 1.77. The van der Waals surface area contributed by atoms with Crippen LogP contribution in [0, 0.1) is 0 Å². The summed E-state index contributed by atoms with van der Waals surface area (Å²) in [5.74, 6) is 0. The molecule has 0 aliphatic carbocycles. The average Bonchev–Trinajstić information content (AvgIpc) is 2.46. The average molecular weight is 315 g/mol. The zero-order chi connectivity index (χ0) is 16.4. The summed E-state index contributed by atoms with van der Waals surface area (Å²) in [6, 6.07) is 0.445. The number of halogens is 1. The fourth-order valence-corrected chi connectivity index (χ4v) is 3.23. The summed E-state index contributed by atoms with van der Waals surface area (Å²) in [6.07, 6.45) is 2.68. The first-order valence-electron chi connectivity index (χ1n) is 8.33. The number of nitrogens with zero attached hydrogens (tertiary/aromatic N) is 2. The zero-order valence-corrected chi connectivity index (χ0v) is 14.1. The third-order valence-corrected chi connectivity index (χ3v) is 4.69. The number of nitrogens with two attached hydrogens (primary N) is 1. The van der Waals surface area contributed by atoms with Gasteiger partial charge in [0.05, 0.1) is 0 Å². The Hall–Kier alpha value is -0.880. The number of piperidine rings is 2. The molecule has 0 aromatic rings. The van der Waals surface area contributed by atoms with Gasteiger partial charge in [0.15, 0.2) is 0 Å². The molecule has 0 aromatic heterocycles. The largest absolute Gasteiger partial charge is 0.444 e. The van der Waals surface area contributed by atoms with Crippen molar-refractivity contribution < 1.29 is 13.9 Å². The third-order valence-electron chi connectivity index (χ3n) is 4.69. The molecule has 0 bridgehead atoms. The number of alkyl halides is 1. The van der Waals surface area contributed by atoms with Crippen LogP contribution >= 0.6 is 0 Å². The molecule has 2 aliphatic rings. The first kappa shape index (κ1) is 17.5. The van der Waals surface area contributed by atoms with Gasteiger partial charge in [0, 0.05) is 38.8 Å². The second-order valence-electron chi connectivity index (χ2n) is 7.59. The maximum Gasteiger partial charge on any atom is 0.410 e. The highest BCUT2D eigenvalue weighted by Gasteiger charge is 2.36. The Labute approximate surface area is 133 Å². The van der Waals surface area contributed by atoms with Crippen LogP contribution in [-0.2, 0) is 4.74 Å². The lowest BCUT2D eigenvalue weighted by atomic mass is 9.91. The smallest absolute Gasteiger partial charge is 0.410 e. The van der Waals surface area contributed by atoms with Crippen molar-refractivity contribution >= 4 is 6.09 Å². The van der Waals surface area contributed by atoms with Gasteiger partial charge < -0.3 is 20.3 Å². The van der Waals surface area contributed by atoms with Crippen LogP contribution in [0.1, 0.15) is 46.5 Å². The molecule has 0 atom stereocenters. The van der Waals surface area contributed by atoms with Crippen molar-refractivity contribution in [3.8, 4) is 0 Å². The number of amides is 1. The van der Waals surface area contributed by atoms with Crippen molar-refractivity contribution in [2.24, 2.45) is 5.73 Å². The number of ether oxygens (including phenoxy) is 1. The number of carbonyl (C=O) groups is 1. The highest BCUT2D eigenvalue weighted by Crippen LogP contribution is 2.29. The number of likely N-dealkylation sites (tertiary alicyclic amines) is 2. The molecule has 2 heterocycles. The maximum absolute atomic E-state index is 14.1. The Morgan fingerprint density at radius 1 is 1.23 bits per heavy atom. The second-order valence-corrected chi connectivity index (χ2v) is 7.59. The molecule has 0 saturated carbocycles. The van der Waals surface area contributed by atoms with E-state index in [9.17, 15) is 9.18 Å². The van der Waals surface area contributed by atoms with Crippen LogP contribution in [0.3, 0.4) is 0 Å². The standard InChI is InChI=1S/C16H30FN3O2/c1-15(2,3)22-14(21)20-8-4-13(5-9-20)19-10-6-16(17,12-18)7-11-19/h13H,4-12,18H2,1-3H3. The van der Waals surface area contributed by atoms with Crippen molar-refractivity contribution in [2.75, 3.05) is 32.7 Å². The van der Waals surface area contributed by atoms with Gasteiger partial charge >= 0.3 is 6.09 Å². The molecule has 0 unspecified atom stereocenters. The Bertz CT molecular complexity index is 381. The molecule has 0 spiro atoms. The van der Waals surface area contributed by atoms with E-state index in [0.29, 0.717) is 32.0 Å². The summed E-state index contributed by atoms with van der Waals surface area (Å²) in [7, 11) is 0. The first-order valence-corrected chi connectivity index (χ1v) is 8.33. The first-order chi connectivity index (χ1) is 10.2. The van der Waals surface area contributed by atoms with Crippen LogP contribution < -0.4 is 5.73 Å². The van der Waals surface area contributed by atoms with E-state index in [1.807, 2.05) is 20.8 Å². The van der Waals surface area contributed by atoms with Gasteiger partial charge in [0.25, 0.3) is 0 Å². The highest BCUT2D eigenvalue weighted by molar-refractivity contribution is 5.68. The number of rotatable bonds is 2. The molecule has 128 valence electrons. The summed E-state index contributed by atoms with van der Waals surface area (Å²) in [6.45, 7) is 8.74. The van der Waals surface area contributed by atoms with Crippen LogP contribution in [-0.4, -0.2) is 65.9 Å². The van der Waals surface area contributed by atoms with E-state index in [4.69, 9.17) is 10.5 Å². The maximum atomic E-state index is 14.1. The lowest BCUT2D eigenvalue weighted by Gasteiger charge is -2.43. The number of hydrogen-bond acceptors (Lipinski definition) is 4. The Kier molecular flexibility index (Phi) is 5.33. The van der Waals surface area contributed by atoms with Crippen molar-refractivity contribution in [3.05, 3.63) is 0 Å². The molecule has 5 nitrogen and oxygen atoms in total. The topological polar surface area (TPSA) is 58.8 Å². The second kappa shape index (κ2) is 6.71. The lowest BCUT2D eigenvalue weighted by molar-refractivity contribution is 0.00354. The highest BCUT2D eigenvalue weighted by atomic mass is 19.1. The molecule has 0 radical (unpaired) electrons. The molecule has 6 heteroatoms. The van der Waals surface area contributed by atoms with Gasteiger partial charge in [-0.3, -0.25) is 0 Å². The fraction of sp³-hybridized carbons (Fsp3) is 0.938. The molecule has 2 saturated heterocycles. The van der Waals surface area contributed by atoms with E-state index < -0.39 is 11.3 Å². The SMILES string of the molecule is CC(C)(C)OC(=O)N1CCC(N2CCC(F)(CN)CC2)CC1. The Morgan fingerprint density at radius 2 is 1.77 bits per heavy atom. The predicted octanol–water partition coefficient (Wildman–Crippen LogP) is 2.15. The van der Waals surface area contributed by atoms with E-state index in [1.165, 1.54) is 0 Å². The molecule has 22 heavy (non-hydrogen) atoms. The van der Waals surface area contributed by atoms with E-state index in [2.05, 4.69) is 4.90 Å². The summed E-state index contributed by atoms with van der Waals surface area (Å²) in [4.78, 5) is 16.2. The molecule has 1 amide bonds. The van der Waals surface area contributed by atoms with Crippen molar-refractivity contribution in [1.82, 2.24) is 9.80 Å². The van der Waals surface area contributed by atoms with Crippen LogP contribution in [0.2, 0.25) is 0 Å².